The maximum atomic E-state index is 12.2. The molecule has 0 saturated carbocycles. The van der Waals surface area contributed by atoms with Gasteiger partial charge in [-0.1, -0.05) is 36.4 Å². The second kappa shape index (κ2) is 8.09. The van der Waals surface area contributed by atoms with Gasteiger partial charge in [-0.2, -0.15) is 9.90 Å². The van der Waals surface area contributed by atoms with Crippen molar-refractivity contribution in [3.05, 3.63) is 53.4 Å². The molecule has 0 atom stereocenters. The van der Waals surface area contributed by atoms with E-state index in [9.17, 15) is 9.59 Å². The highest BCUT2D eigenvalue weighted by molar-refractivity contribution is 7.13. The number of ether oxygens (including phenoxy) is 1. The second-order valence-corrected chi connectivity index (χ2v) is 6.91. The molecule has 0 N–H and O–H groups in total. The monoisotopic (exact) mass is 396 g/mol. The van der Waals surface area contributed by atoms with Gasteiger partial charge in [0, 0.05) is 6.42 Å². The van der Waals surface area contributed by atoms with E-state index in [1.807, 2.05) is 47.8 Å². The minimum atomic E-state index is -0.616. The van der Waals surface area contributed by atoms with Crippen LogP contribution in [0.2, 0.25) is 0 Å². The number of nitrogens with zero attached hydrogens (tertiary/aromatic N) is 6. The summed E-state index contributed by atoms with van der Waals surface area (Å²) < 4.78 is 5.04. The Bertz CT molecular complexity index is 1000. The van der Waals surface area contributed by atoms with Crippen LogP contribution in [0.5, 0.6) is 0 Å². The molecular weight excluding hydrogens is 380 g/mol. The van der Waals surface area contributed by atoms with Crippen LogP contribution >= 0.6 is 11.3 Å². The Labute approximate surface area is 164 Å². The van der Waals surface area contributed by atoms with E-state index in [-0.39, 0.29) is 19.1 Å². The third-order valence-electron chi connectivity index (χ3n) is 4.02. The van der Waals surface area contributed by atoms with E-state index in [4.69, 9.17) is 4.74 Å². The summed E-state index contributed by atoms with van der Waals surface area (Å²) in [5.74, 6) is -0.543. The lowest BCUT2D eigenvalue weighted by atomic mass is 10.1. The molecule has 0 bridgehead atoms. The summed E-state index contributed by atoms with van der Waals surface area (Å²) in [6, 6.07) is 13.4. The van der Waals surface area contributed by atoms with Gasteiger partial charge in [0.1, 0.15) is 0 Å². The predicted octanol–water partition coefficient (Wildman–Crippen LogP) is 1.58. The first-order valence-electron chi connectivity index (χ1n) is 8.59. The molecule has 10 heteroatoms. The van der Waals surface area contributed by atoms with Crippen molar-refractivity contribution in [3.8, 4) is 10.7 Å². The molecule has 28 heavy (non-hydrogen) atoms. The standard InChI is InChI=1S/C18H16N6O3S/c25-16(23-9-8-14(20-23)13-5-2-1-3-6-13)12-27-17(26)11-24-21-18(19-22-24)15-7-4-10-28-15/h1-7,10H,8-9,11-12H2. The minimum Gasteiger partial charge on any atom is -0.454 e. The van der Waals surface area contributed by atoms with Gasteiger partial charge in [0.05, 0.1) is 17.1 Å². The fraction of sp³-hybridized carbons (Fsp3) is 0.222. The largest absolute Gasteiger partial charge is 0.454 e. The highest BCUT2D eigenvalue weighted by atomic mass is 32.1. The maximum absolute atomic E-state index is 12.2. The van der Waals surface area contributed by atoms with E-state index in [0.29, 0.717) is 18.8 Å². The van der Waals surface area contributed by atoms with Gasteiger partial charge in [-0.3, -0.25) is 4.79 Å². The van der Waals surface area contributed by atoms with Gasteiger partial charge in [-0.25, -0.2) is 9.80 Å². The van der Waals surface area contributed by atoms with Gasteiger partial charge < -0.3 is 4.74 Å². The van der Waals surface area contributed by atoms with Gasteiger partial charge in [0.2, 0.25) is 5.82 Å². The quantitative estimate of drug-likeness (QED) is 0.586. The highest BCUT2D eigenvalue weighted by Crippen LogP contribution is 2.19. The Morgan fingerprint density at radius 1 is 1.14 bits per heavy atom. The lowest BCUT2D eigenvalue weighted by molar-refractivity contribution is -0.152. The third kappa shape index (κ3) is 4.12. The van der Waals surface area contributed by atoms with Crippen molar-refractivity contribution < 1.29 is 14.3 Å². The molecule has 4 rings (SSSR count). The minimum absolute atomic E-state index is 0.218. The van der Waals surface area contributed by atoms with Crippen molar-refractivity contribution in [1.29, 1.82) is 0 Å². The number of benzene rings is 1. The predicted molar refractivity (Wildman–Crippen MR) is 101 cm³/mol. The number of esters is 1. The summed E-state index contributed by atoms with van der Waals surface area (Å²) >= 11 is 1.48. The fourth-order valence-electron chi connectivity index (χ4n) is 2.66. The molecule has 0 unspecified atom stereocenters. The molecule has 0 aliphatic carbocycles. The van der Waals surface area contributed by atoms with Gasteiger partial charge in [0.25, 0.3) is 5.91 Å². The molecule has 142 valence electrons. The van der Waals surface area contributed by atoms with E-state index >= 15 is 0 Å². The molecule has 2 aromatic heterocycles. The van der Waals surface area contributed by atoms with Crippen LogP contribution in [0.4, 0.5) is 0 Å². The first-order valence-corrected chi connectivity index (χ1v) is 9.47. The van der Waals surface area contributed by atoms with Gasteiger partial charge in [-0.05, 0) is 22.2 Å². The lowest BCUT2D eigenvalue weighted by Gasteiger charge is -2.11. The van der Waals surface area contributed by atoms with E-state index < -0.39 is 5.97 Å². The zero-order chi connectivity index (χ0) is 19.3. The van der Waals surface area contributed by atoms with Gasteiger partial charge in [0.15, 0.2) is 13.2 Å². The molecule has 1 aliphatic heterocycles. The van der Waals surface area contributed by atoms with Crippen molar-refractivity contribution in [2.45, 2.75) is 13.0 Å². The first-order chi connectivity index (χ1) is 13.7. The van der Waals surface area contributed by atoms with Crippen LogP contribution in [0.15, 0.2) is 52.9 Å². The Morgan fingerprint density at radius 2 is 2.00 bits per heavy atom. The molecule has 0 radical (unpaired) electrons. The molecule has 1 amide bonds. The smallest absolute Gasteiger partial charge is 0.330 e. The lowest BCUT2D eigenvalue weighted by Crippen LogP contribution is -2.29. The molecule has 9 nitrogen and oxygen atoms in total. The molecule has 1 aliphatic rings. The maximum Gasteiger partial charge on any atom is 0.330 e. The zero-order valence-corrected chi connectivity index (χ0v) is 15.6. The van der Waals surface area contributed by atoms with Crippen LogP contribution in [0.25, 0.3) is 10.7 Å². The number of tetrazole rings is 1. The van der Waals surface area contributed by atoms with Crippen LogP contribution in [0, 0.1) is 0 Å². The Balaban J connectivity index is 1.28. The molecule has 3 heterocycles. The number of amides is 1. The van der Waals surface area contributed by atoms with E-state index in [1.54, 1.807) is 0 Å². The summed E-state index contributed by atoms with van der Waals surface area (Å²) in [6.45, 7) is -0.128. The molecular formula is C18H16N6O3S. The van der Waals surface area contributed by atoms with Crippen LogP contribution in [-0.4, -0.2) is 56.0 Å². The Kier molecular flexibility index (Phi) is 5.20. The molecule has 3 aromatic rings. The van der Waals surface area contributed by atoms with Crippen LogP contribution in [0.1, 0.15) is 12.0 Å². The average molecular weight is 396 g/mol. The Hall–Kier alpha value is -3.40. The van der Waals surface area contributed by atoms with Crippen molar-refractivity contribution in [3.63, 3.8) is 0 Å². The number of aromatic nitrogens is 4. The van der Waals surface area contributed by atoms with Crippen molar-refractivity contribution in [1.82, 2.24) is 25.2 Å². The molecule has 0 fully saturated rings. The molecule has 0 saturated heterocycles. The van der Waals surface area contributed by atoms with Crippen molar-refractivity contribution in [2.24, 2.45) is 5.10 Å². The van der Waals surface area contributed by atoms with Gasteiger partial charge in [-0.15, -0.1) is 21.5 Å². The van der Waals surface area contributed by atoms with E-state index in [1.165, 1.54) is 16.3 Å². The van der Waals surface area contributed by atoms with Crippen LogP contribution in [0.3, 0.4) is 0 Å². The van der Waals surface area contributed by atoms with Crippen molar-refractivity contribution in [2.75, 3.05) is 13.2 Å². The summed E-state index contributed by atoms with van der Waals surface area (Å²) in [4.78, 5) is 26.2. The number of hydrogen-bond donors (Lipinski definition) is 0. The number of carbonyl (C=O) groups excluding carboxylic acids is 2. The topological polar surface area (TPSA) is 103 Å². The fourth-order valence-corrected chi connectivity index (χ4v) is 3.31. The SMILES string of the molecule is O=C(Cn1nnc(-c2cccs2)n1)OCC(=O)N1CCC(c2ccccc2)=N1. The van der Waals surface area contributed by atoms with Crippen LogP contribution < -0.4 is 0 Å². The molecule has 0 spiro atoms. The number of rotatable bonds is 6. The van der Waals surface area contributed by atoms with Crippen LogP contribution in [-0.2, 0) is 20.9 Å². The zero-order valence-electron chi connectivity index (χ0n) is 14.8. The summed E-state index contributed by atoms with van der Waals surface area (Å²) in [7, 11) is 0. The number of hydrazone groups is 1. The summed E-state index contributed by atoms with van der Waals surface area (Å²) in [6.07, 6.45) is 0.665. The normalized spacial score (nSPS) is 13.4. The number of hydrogen-bond acceptors (Lipinski definition) is 8. The van der Waals surface area contributed by atoms with Gasteiger partial charge >= 0.3 is 5.97 Å². The van der Waals surface area contributed by atoms with Crippen molar-refractivity contribution >= 4 is 28.9 Å². The second-order valence-electron chi connectivity index (χ2n) is 5.96. The van der Waals surface area contributed by atoms with E-state index in [2.05, 4.69) is 20.5 Å². The summed E-state index contributed by atoms with van der Waals surface area (Å²) in [5.41, 5.74) is 1.82. The summed E-state index contributed by atoms with van der Waals surface area (Å²) in [5, 5.41) is 19.4. The average Bonchev–Trinajstić information content (AvgIpc) is 3.47. The number of carbonyl (C=O) groups is 2. The third-order valence-corrected chi connectivity index (χ3v) is 4.88. The molecule has 1 aromatic carbocycles. The first kappa shape index (κ1) is 18.0. The highest BCUT2D eigenvalue weighted by Gasteiger charge is 2.22. The van der Waals surface area contributed by atoms with E-state index in [0.717, 1.165) is 20.9 Å². The number of thiophene rings is 1. The Morgan fingerprint density at radius 3 is 2.79 bits per heavy atom.